The van der Waals surface area contributed by atoms with Crippen molar-refractivity contribution in [3.05, 3.63) is 16.3 Å². The zero-order chi connectivity index (χ0) is 18.2. The molecule has 2 heterocycles. The molecule has 138 valence electrons. The molecule has 0 saturated carbocycles. The van der Waals surface area contributed by atoms with Crippen molar-refractivity contribution in [2.24, 2.45) is 0 Å². The topological polar surface area (TPSA) is 91.0 Å². The van der Waals surface area contributed by atoms with E-state index in [4.69, 9.17) is 0 Å². The third-order valence-electron chi connectivity index (χ3n) is 4.02. The molecule has 2 rings (SSSR count). The number of thiophene rings is 1. The highest BCUT2D eigenvalue weighted by atomic mass is 32.1. The maximum atomic E-state index is 11.9. The molecule has 9 heteroatoms. The smallest absolute Gasteiger partial charge is 0.350 e. The molecule has 1 aliphatic rings. The molecule has 1 fully saturated rings. The Morgan fingerprint density at radius 1 is 1.20 bits per heavy atom. The molecule has 0 unspecified atom stereocenters. The van der Waals surface area contributed by atoms with E-state index in [1.54, 1.807) is 11.4 Å². The second-order valence-corrected chi connectivity index (χ2v) is 6.78. The van der Waals surface area contributed by atoms with E-state index in [0.29, 0.717) is 6.54 Å². The number of rotatable bonds is 6. The average molecular weight is 368 g/mol. The van der Waals surface area contributed by atoms with Crippen LogP contribution in [0.2, 0.25) is 0 Å². The van der Waals surface area contributed by atoms with Gasteiger partial charge in [0.25, 0.3) is 0 Å². The summed E-state index contributed by atoms with van der Waals surface area (Å²) in [6, 6.07) is 1.56. The summed E-state index contributed by atoms with van der Waals surface area (Å²) >= 11 is 1.14. The van der Waals surface area contributed by atoms with Gasteiger partial charge < -0.3 is 25.2 Å². The van der Waals surface area contributed by atoms with E-state index in [1.807, 2.05) is 0 Å². The van der Waals surface area contributed by atoms with Crippen molar-refractivity contribution in [3.63, 3.8) is 0 Å². The van der Waals surface area contributed by atoms with Crippen LogP contribution in [0.25, 0.3) is 0 Å². The highest BCUT2D eigenvalue weighted by Crippen LogP contribution is 2.22. The molecule has 0 radical (unpaired) electrons. The number of likely N-dealkylation sites (N-methyl/N-ethyl adjacent to an activating group) is 1. The minimum atomic E-state index is -0.789. The van der Waals surface area contributed by atoms with E-state index in [0.717, 1.165) is 50.5 Å². The first-order chi connectivity index (χ1) is 12.0. The number of piperazine rings is 1. The Morgan fingerprint density at radius 2 is 1.92 bits per heavy atom. The summed E-state index contributed by atoms with van der Waals surface area (Å²) in [5, 5.41) is 6.70. The Balaban J connectivity index is 1.69. The first-order valence-electron chi connectivity index (χ1n) is 8.17. The van der Waals surface area contributed by atoms with Gasteiger partial charge in [0, 0.05) is 32.7 Å². The number of anilines is 1. The average Bonchev–Trinajstić information content (AvgIpc) is 3.07. The quantitative estimate of drug-likeness (QED) is 0.424. The van der Waals surface area contributed by atoms with Crippen molar-refractivity contribution in [3.8, 4) is 0 Å². The maximum absolute atomic E-state index is 11.9. The molecule has 1 aliphatic heterocycles. The summed E-state index contributed by atoms with van der Waals surface area (Å²) in [6.07, 6.45) is 0.786. The lowest BCUT2D eigenvalue weighted by atomic mass is 10.3. The minimum Gasteiger partial charge on any atom is -0.465 e. The van der Waals surface area contributed by atoms with Crippen LogP contribution < -0.4 is 10.6 Å². The van der Waals surface area contributed by atoms with Gasteiger partial charge >= 0.3 is 17.8 Å². The third kappa shape index (κ3) is 5.80. The molecule has 0 aliphatic carbocycles. The fourth-order valence-corrected chi connectivity index (χ4v) is 3.26. The molecule has 1 aromatic rings. The van der Waals surface area contributed by atoms with Crippen molar-refractivity contribution in [1.29, 1.82) is 0 Å². The molecule has 2 N–H and O–H groups in total. The zero-order valence-corrected chi connectivity index (χ0v) is 15.4. The van der Waals surface area contributed by atoms with E-state index < -0.39 is 17.8 Å². The molecule has 0 aromatic carbocycles. The zero-order valence-electron chi connectivity index (χ0n) is 14.5. The van der Waals surface area contributed by atoms with Crippen LogP contribution in [0.5, 0.6) is 0 Å². The largest absolute Gasteiger partial charge is 0.465 e. The van der Waals surface area contributed by atoms with Crippen LogP contribution in [0.3, 0.4) is 0 Å². The van der Waals surface area contributed by atoms with Crippen LogP contribution in [0.1, 0.15) is 16.1 Å². The number of esters is 1. The number of hydrogen-bond acceptors (Lipinski definition) is 7. The van der Waals surface area contributed by atoms with Gasteiger partial charge in [-0.2, -0.15) is 0 Å². The number of hydrogen-bond donors (Lipinski definition) is 2. The van der Waals surface area contributed by atoms with Gasteiger partial charge in [0.15, 0.2) is 0 Å². The molecule has 2 amide bonds. The highest BCUT2D eigenvalue weighted by molar-refractivity contribution is 7.12. The third-order valence-corrected chi connectivity index (χ3v) is 4.92. The van der Waals surface area contributed by atoms with Crippen LogP contribution in [-0.2, 0) is 14.3 Å². The summed E-state index contributed by atoms with van der Waals surface area (Å²) in [5.41, 5.74) is 0.287. The number of carbonyl (C=O) groups excluding carboxylic acids is 3. The van der Waals surface area contributed by atoms with Crippen LogP contribution in [0.4, 0.5) is 5.69 Å². The monoisotopic (exact) mass is 368 g/mol. The number of nitrogens with one attached hydrogen (secondary N) is 2. The van der Waals surface area contributed by atoms with Crippen LogP contribution in [0.15, 0.2) is 11.4 Å². The summed E-state index contributed by atoms with van der Waals surface area (Å²) in [4.78, 5) is 40.2. The normalized spacial score (nSPS) is 15.6. The van der Waals surface area contributed by atoms with E-state index in [2.05, 4.69) is 32.2 Å². The van der Waals surface area contributed by atoms with E-state index in [-0.39, 0.29) is 10.6 Å². The predicted octanol–water partition coefficient (Wildman–Crippen LogP) is 0.227. The van der Waals surface area contributed by atoms with Gasteiger partial charge in [0.05, 0.1) is 12.8 Å². The van der Waals surface area contributed by atoms with Crippen molar-refractivity contribution in [2.75, 3.05) is 58.7 Å². The Hall–Kier alpha value is -1.97. The minimum absolute atomic E-state index is 0.263. The molecule has 1 aromatic heterocycles. The standard InChI is InChI=1S/C16H24N4O4S/c1-19-7-9-20(10-8-19)6-3-5-17-14(21)15(22)18-12-4-11-25-13(12)16(23)24-2/h4,11H,3,5-10H2,1-2H3,(H,17,21)(H,18,22). The molecule has 25 heavy (non-hydrogen) atoms. The van der Waals surface area contributed by atoms with Gasteiger partial charge in [-0.1, -0.05) is 0 Å². The summed E-state index contributed by atoms with van der Waals surface area (Å²) < 4.78 is 4.63. The van der Waals surface area contributed by atoms with Crippen LogP contribution in [0, 0.1) is 0 Å². The van der Waals surface area contributed by atoms with Gasteiger partial charge in [-0.3, -0.25) is 9.59 Å². The Bertz CT molecular complexity index is 611. The molecule has 0 bridgehead atoms. The van der Waals surface area contributed by atoms with E-state index >= 15 is 0 Å². The second kappa shape index (κ2) is 9.50. The van der Waals surface area contributed by atoms with Gasteiger partial charge in [-0.05, 0) is 31.5 Å². The van der Waals surface area contributed by atoms with Crippen molar-refractivity contribution < 1.29 is 19.1 Å². The Labute approximate surface area is 151 Å². The lowest BCUT2D eigenvalue weighted by Gasteiger charge is -2.32. The van der Waals surface area contributed by atoms with Crippen LogP contribution in [-0.4, -0.2) is 81.0 Å². The Kier molecular flexibility index (Phi) is 7.35. The number of nitrogens with zero attached hydrogens (tertiary/aromatic N) is 2. The van der Waals surface area contributed by atoms with Gasteiger partial charge in [0.1, 0.15) is 4.88 Å². The fraction of sp³-hybridized carbons (Fsp3) is 0.562. The van der Waals surface area contributed by atoms with Crippen molar-refractivity contribution in [2.45, 2.75) is 6.42 Å². The lowest BCUT2D eigenvalue weighted by Crippen LogP contribution is -2.45. The number of amides is 2. The molecule has 0 spiro atoms. The second-order valence-electron chi connectivity index (χ2n) is 5.86. The first kappa shape index (κ1) is 19.4. The number of carbonyl (C=O) groups is 3. The predicted molar refractivity (Wildman–Crippen MR) is 95.9 cm³/mol. The maximum Gasteiger partial charge on any atom is 0.350 e. The van der Waals surface area contributed by atoms with E-state index in [9.17, 15) is 14.4 Å². The van der Waals surface area contributed by atoms with Gasteiger partial charge in [0.2, 0.25) is 0 Å². The van der Waals surface area contributed by atoms with Crippen molar-refractivity contribution in [1.82, 2.24) is 15.1 Å². The summed E-state index contributed by atoms with van der Waals surface area (Å²) in [6.45, 7) is 5.49. The highest BCUT2D eigenvalue weighted by Gasteiger charge is 2.19. The van der Waals surface area contributed by atoms with Crippen molar-refractivity contribution >= 4 is 34.8 Å². The molecule has 1 saturated heterocycles. The van der Waals surface area contributed by atoms with E-state index in [1.165, 1.54) is 7.11 Å². The lowest BCUT2D eigenvalue weighted by molar-refractivity contribution is -0.136. The number of ether oxygens (including phenoxy) is 1. The van der Waals surface area contributed by atoms with Gasteiger partial charge in [-0.15, -0.1) is 11.3 Å². The fourth-order valence-electron chi connectivity index (χ4n) is 2.49. The summed E-state index contributed by atoms with van der Waals surface area (Å²) in [7, 11) is 3.37. The van der Waals surface area contributed by atoms with Gasteiger partial charge in [-0.25, -0.2) is 4.79 Å². The summed E-state index contributed by atoms with van der Waals surface area (Å²) in [5.74, 6) is -2.04. The first-order valence-corrected chi connectivity index (χ1v) is 9.05. The Morgan fingerprint density at radius 3 is 2.60 bits per heavy atom. The SMILES string of the molecule is COC(=O)c1sccc1NC(=O)C(=O)NCCCN1CCN(C)CC1. The molecular formula is C16H24N4O4S. The van der Waals surface area contributed by atoms with Crippen LogP contribution >= 0.6 is 11.3 Å². The molecule has 0 atom stereocenters. The number of methoxy groups -OCH3 is 1. The molecular weight excluding hydrogens is 344 g/mol. The molecule has 8 nitrogen and oxygen atoms in total.